The smallest absolute Gasteiger partial charge is 0.175 e. The second kappa shape index (κ2) is 6.67. The number of fused-ring (bicyclic) bond motifs is 2. The van der Waals surface area contributed by atoms with Gasteiger partial charge in [0.2, 0.25) is 0 Å². The van der Waals surface area contributed by atoms with Crippen LogP contribution in [0.2, 0.25) is 0 Å². The molecule has 0 radical (unpaired) electrons. The lowest BCUT2D eigenvalue weighted by atomic mass is 9.93. The fourth-order valence-electron chi connectivity index (χ4n) is 4.30. The third kappa shape index (κ3) is 3.04. The maximum Gasteiger partial charge on any atom is 0.175 e. The minimum absolute atomic E-state index is 0.285. The van der Waals surface area contributed by atoms with Gasteiger partial charge < -0.3 is 14.1 Å². The van der Waals surface area contributed by atoms with Crippen LogP contribution in [-0.2, 0) is 14.6 Å². The van der Waals surface area contributed by atoms with Crippen LogP contribution in [0.25, 0.3) is 33.6 Å². The first kappa shape index (κ1) is 18.6. The molecule has 0 aliphatic carbocycles. The van der Waals surface area contributed by atoms with Crippen molar-refractivity contribution < 1.29 is 17.6 Å². The van der Waals surface area contributed by atoms with Crippen LogP contribution in [0.1, 0.15) is 0 Å². The van der Waals surface area contributed by atoms with E-state index in [0.29, 0.717) is 17.9 Å². The van der Waals surface area contributed by atoms with Crippen molar-refractivity contribution in [1.82, 2.24) is 4.98 Å². The van der Waals surface area contributed by atoms with Crippen molar-refractivity contribution in [2.45, 2.75) is 17.0 Å². The molecule has 0 amide bonds. The zero-order valence-electron chi connectivity index (χ0n) is 16.9. The second-order valence-electron chi connectivity index (χ2n) is 8.12. The number of aromatic nitrogens is 1. The molecule has 0 N–H and O–H groups in total. The molecule has 6 nitrogen and oxygen atoms in total. The predicted octanol–water partition coefficient (Wildman–Crippen LogP) is 4.15. The number of morpholine rings is 1. The highest BCUT2D eigenvalue weighted by molar-refractivity contribution is 7.90. The summed E-state index contributed by atoms with van der Waals surface area (Å²) >= 11 is 0. The molecule has 0 saturated carbocycles. The fourth-order valence-corrected chi connectivity index (χ4v) is 4.93. The van der Waals surface area contributed by atoms with Crippen LogP contribution >= 0.6 is 0 Å². The molecule has 0 spiro atoms. The van der Waals surface area contributed by atoms with Gasteiger partial charge in [-0.2, -0.15) is 0 Å². The zero-order valence-corrected chi connectivity index (χ0v) is 17.7. The highest BCUT2D eigenvalue weighted by Crippen LogP contribution is 2.38. The van der Waals surface area contributed by atoms with Crippen molar-refractivity contribution >= 4 is 26.6 Å². The van der Waals surface area contributed by atoms with E-state index in [4.69, 9.17) is 9.15 Å². The van der Waals surface area contributed by atoms with E-state index in [1.165, 1.54) is 11.9 Å². The average Bonchev–Trinajstić information content (AvgIpc) is 3.19. The summed E-state index contributed by atoms with van der Waals surface area (Å²) in [7, 11) is -3.24. The molecule has 31 heavy (non-hydrogen) atoms. The molecule has 2 aliphatic heterocycles. The van der Waals surface area contributed by atoms with Gasteiger partial charge in [-0.15, -0.1) is 0 Å². The van der Waals surface area contributed by atoms with Crippen LogP contribution in [-0.4, -0.2) is 45.0 Å². The third-order valence-corrected chi connectivity index (χ3v) is 7.28. The van der Waals surface area contributed by atoms with E-state index in [0.717, 1.165) is 40.9 Å². The molecule has 2 fully saturated rings. The van der Waals surface area contributed by atoms with Crippen LogP contribution in [0.3, 0.4) is 0 Å². The first-order valence-electron chi connectivity index (χ1n) is 10.2. The van der Waals surface area contributed by atoms with Crippen LogP contribution in [0.4, 0.5) is 5.69 Å². The average molecular weight is 433 g/mol. The maximum absolute atomic E-state index is 11.7. The molecule has 4 aromatic rings. The monoisotopic (exact) mass is 432 g/mol. The Labute approximate surface area is 180 Å². The van der Waals surface area contributed by atoms with Gasteiger partial charge in [0.05, 0.1) is 23.6 Å². The van der Waals surface area contributed by atoms with Crippen molar-refractivity contribution in [3.05, 3.63) is 66.9 Å². The number of pyridine rings is 1. The van der Waals surface area contributed by atoms with Gasteiger partial charge in [0, 0.05) is 41.9 Å². The van der Waals surface area contributed by atoms with E-state index in [9.17, 15) is 8.42 Å². The molecule has 156 valence electrons. The lowest BCUT2D eigenvalue weighted by molar-refractivity contribution is -0.113. The summed E-state index contributed by atoms with van der Waals surface area (Å²) in [5, 5.41) is 0. The minimum Gasteiger partial charge on any atom is -0.454 e. The summed E-state index contributed by atoms with van der Waals surface area (Å²) < 4.78 is 35.2. The summed E-state index contributed by atoms with van der Waals surface area (Å²) in [4.78, 5) is 7.14. The number of ether oxygens (including phenoxy) is 1. The summed E-state index contributed by atoms with van der Waals surface area (Å²) in [6.07, 6.45) is 3.37. The fraction of sp³-hybridized carbons (Fsp3) is 0.208. The topological polar surface area (TPSA) is 72.6 Å². The summed E-state index contributed by atoms with van der Waals surface area (Å²) in [6, 6.07) is 19.5. The number of rotatable bonds is 4. The van der Waals surface area contributed by atoms with Crippen LogP contribution in [0, 0.1) is 0 Å². The van der Waals surface area contributed by atoms with Crippen molar-refractivity contribution in [2.24, 2.45) is 0 Å². The number of hydrogen-bond donors (Lipinski definition) is 0. The lowest BCUT2D eigenvalue weighted by Crippen LogP contribution is -2.70. The highest BCUT2D eigenvalue weighted by atomic mass is 32.2. The Morgan fingerprint density at radius 1 is 1.03 bits per heavy atom. The zero-order chi connectivity index (χ0) is 21.2. The molecule has 0 bridgehead atoms. The van der Waals surface area contributed by atoms with Gasteiger partial charge in [0.1, 0.15) is 11.3 Å². The molecular weight excluding hydrogens is 412 g/mol. The molecule has 2 unspecified atom stereocenters. The number of nitrogens with zero attached hydrogens (tertiary/aromatic N) is 2. The van der Waals surface area contributed by atoms with Gasteiger partial charge in [-0.25, -0.2) is 8.42 Å². The lowest BCUT2D eigenvalue weighted by Gasteiger charge is -2.56. The molecule has 2 aliphatic rings. The second-order valence-corrected chi connectivity index (χ2v) is 10.1. The van der Waals surface area contributed by atoms with Gasteiger partial charge in [0.25, 0.3) is 0 Å². The summed E-state index contributed by atoms with van der Waals surface area (Å²) in [6.45, 7) is 1.74. The van der Waals surface area contributed by atoms with E-state index in [2.05, 4.69) is 34.1 Å². The number of sulfone groups is 1. The molecule has 6 rings (SSSR count). The standard InChI is InChI=1S/C24H20N2O4S/c1-31(27,28)18-7-5-15(6-8-18)22-12-20-24(30-22)19(9-10-25-20)16-3-2-4-17(11-16)26-13-23-21(26)14-29-23/h2-12,21,23H,13-14H2,1H3. The molecule has 2 saturated heterocycles. The number of anilines is 1. The van der Waals surface area contributed by atoms with E-state index in [1.807, 2.05) is 12.1 Å². The van der Waals surface area contributed by atoms with Gasteiger partial charge in [-0.1, -0.05) is 12.1 Å². The Bertz CT molecular complexity index is 1410. The third-order valence-electron chi connectivity index (χ3n) is 6.15. The van der Waals surface area contributed by atoms with E-state index in [1.54, 1.807) is 30.5 Å². The Kier molecular flexibility index (Phi) is 4.00. The van der Waals surface area contributed by atoms with Crippen molar-refractivity contribution in [1.29, 1.82) is 0 Å². The van der Waals surface area contributed by atoms with Crippen molar-refractivity contribution in [3.8, 4) is 22.5 Å². The predicted molar refractivity (Wildman–Crippen MR) is 119 cm³/mol. The number of benzene rings is 2. The quantitative estimate of drug-likeness (QED) is 0.482. The van der Waals surface area contributed by atoms with Crippen LogP contribution in [0.15, 0.2) is 76.2 Å². The van der Waals surface area contributed by atoms with Gasteiger partial charge >= 0.3 is 0 Å². The Morgan fingerprint density at radius 2 is 1.87 bits per heavy atom. The maximum atomic E-state index is 11.7. The molecule has 7 heteroatoms. The highest BCUT2D eigenvalue weighted by Gasteiger charge is 2.47. The molecule has 4 heterocycles. The summed E-state index contributed by atoms with van der Waals surface area (Å²) in [5.41, 5.74) is 5.53. The van der Waals surface area contributed by atoms with Gasteiger partial charge in [0.15, 0.2) is 15.4 Å². The largest absolute Gasteiger partial charge is 0.454 e. The molecular formula is C24H20N2O4S. The van der Waals surface area contributed by atoms with Crippen LogP contribution in [0.5, 0.6) is 0 Å². The van der Waals surface area contributed by atoms with Crippen molar-refractivity contribution in [3.63, 3.8) is 0 Å². The number of furan rings is 1. The molecule has 2 atom stereocenters. The van der Waals surface area contributed by atoms with E-state index in [-0.39, 0.29) is 4.90 Å². The van der Waals surface area contributed by atoms with E-state index >= 15 is 0 Å². The Hall–Kier alpha value is -3.16. The minimum atomic E-state index is -3.24. The first-order chi connectivity index (χ1) is 15.0. The normalized spacial score (nSPS) is 20.2. The Balaban J connectivity index is 1.38. The molecule has 2 aromatic carbocycles. The van der Waals surface area contributed by atoms with Gasteiger partial charge in [-0.05, 0) is 48.0 Å². The summed E-state index contributed by atoms with van der Waals surface area (Å²) in [5.74, 6) is 0.656. The van der Waals surface area contributed by atoms with Gasteiger partial charge in [-0.3, -0.25) is 4.98 Å². The Morgan fingerprint density at radius 3 is 2.55 bits per heavy atom. The van der Waals surface area contributed by atoms with Crippen molar-refractivity contribution in [2.75, 3.05) is 24.3 Å². The van der Waals surface area contributed by atoms with Crippen LogP contribution < -0.4 is 4.90 Å². The van der Waals surface area contributed by atoms with E-state index < -0.39 is 9.84 Å². The SMILES string of the molecule is CS(=O)(=O)c1ccc(-c2cc3nccc(-c4cccc(N5CC6OCC65)c4)c3o2)cc1. The molecule has 2 aromatic heterocycles. The first-order valence-corrected chi connectivity index (χ1v) is 12.0. The number of hydrogen-bond acceptors (Lipinski definition) is 6.